The van der Waals surface area contributed by atoms with E-state index in [2.05, 4.69) is 11.8 Å². The molecule has 0 bridgehead atoms. The summed E-state index contributed by atoms with van der Waals surface area (Å²) in [6.45, 7) is 4.42. The number of nitrogens with zero attached hydrogens (tertiary/aromatic N) is 1. The zero-order valence-corrected chi connectivity index (χ0v) is 9.48. The van der Waals surface area contributed by atoms with Crippen LogP contribution in [-0.4, -0.2) is 35.1 Å². The Labute approximate surface area is 91.5 Å². The average Bonchev–Trinajstić information content (AvgIpc) is 2.24. The molecule has 0 aromatic carbocycles. The fourth-order valence-corrected chi connectivity index (χ4v) is 2.89. The highest BCUT2D eigenvalue weighted by Crippen LogP contribution is 2.32. The van der Waals surface area contributed by atoms with Gasteiger partial charge in [0.25, 0.3) is 0 Å². The van der Waals surface area contributed by atoms with Gasteiger partial charge < -0.3 is 10.0 Å². The molecule has 1 aliphatic carbocycles. The van der Waals surface area contributed by atoms with E-state index in [9.17, 15) is 4.79 Å². The molecule has 1 N–H and O–H groups in total. The first-order valence-corrected chi connectivity index (χ1v) is 6.15. The minimum atomic E-state index is -0.576. The minimum absolute atomic E-state index is 0.0773. The van der Waals surface area contributed by atoms with E-state index >= 15 is 0 Å². The first kappa shape index (κ1) is 10.9. The molecule has 2 rings (SSSR count). The summed E-state index contributed by atoms with van der Waals surface area (Å²) < 4.78 is 0. The minimum Gasteiger partial charge on any atom is -0.481 e. The van der Waals surface area contributed by atoms with Gasteiger partial charge in [-0.25, -0.2) is 0 Å². The maximum absolute atomic E-state index is 11.1. The van der Waals surface area contributed by atoms with Gasteiger partial charge in [-0.05, 0) is 38.6 Å². The van der Waals surface area contributed by atoms with Gasteiger partial charge in [-0.15, -0.1) is 0 Å². The van der Waals surface area contributed by atoms with Crippen LogP contribution >= 0.6 is 0 Å². The van der Waals surface area contributed by atoms with Crippen LogP contribution in [0.5, 0.6) is 0 Å². The second-order valence-corrected chi connectivity index (χ2v) is 5.12. The van der Waals surface area contributed by atoms with Gasteiger partial charge in [0, 0.05) is 12.6 Å². The molecule has 86 valence electrons. The van der Waals surface area contributed by atoms with Crippen LogP contribution in [0.3, 0.4) is 0 Å². The number of likely N-dealkylation sites (tertiary alicyclic amines) is 1. The number of carboxylic acid groups (broad SMARTS) is 1. The molecule has 3 heteroatoms. The molecule has 2 fully saturated rings. The summed E-state index contributed by atoms with van der Waals surface area (Å²) in [5.41, 5.74) is 0. The van der Waals surface area contributed by atoms with Crippen molar-refractivity contribution >= 4 is 5.97 Å². The van der Waals surface area contributed by atoms with E-state index in [1.165, 1.54) is 19.4 Å². The van der Waals surface area contributed by atoms with Crippen LogP contribution in [0, 0.1) is 11.8 Å². The molecule has 1 saturated carbocycles. The number of aliphatic carboxylic acids is 1. The molecule has 15 heavy (non-hydrogen) atoms. The summed E-state index contributed by atoms with van der Waals surface area (Å²) in [5, 5.41) is 9.16. The summed E-state index contributed by atoms with van der Waals surface area (Å²) in [6, 6.07) is 0.682. The molecule has 1 saturated heterocycles. The van der Waals surface area contributed by atoms with E-state index in [0.717, 1.165) is 25.8 Å². The third kappa shape index (κ3) is 2.33. The molecule has 0 radical (unpaired) electrons. The fourth-order valence-electron chi connectivity index (χ4n) is 2.89. The zero-order chi connectivity index (χ0) is 10.8. The lowest BCUT2D eigenvalue weighted by atomic mass is 9.78. The van der Waals surface area contributed by atoms with Crippen molar-refractivity contribution in [2.75, 3.05) is 13.1 Å². The van der Waals surface area contributed by atoms with Crippen molar-refractivity contribution in [2.45, 2.75) is 45.1 Å². The molecule has 1 aliphatic heterocycles. The lowest BCUT2D eigenvalue weighted by Crippen LogP contribution is -2.49. The average molecular weight is 211 g/mol. The lowest BCUT2D eigenvalue weighted by molar-refractivity contribution is -0.145. The van der Waals surface area contributed by atoms with Gasteiger partial charge in [-0.3, -0.25) is 4.79 Å². The van der Waals surface area contributed by atoms with E-state index in [4.69, 9.17) is 5.11 Å². The third-order valence-electron chi connectivity index (χ3n) is 4.15. The highest BCUT2D eigenvalue weighted by molar-refractivity contribution is 5.70. The van der Waals surface area contributed by atoms with Crippen molar-refractivity contribution in [2.24, 2.45) is 11.8 Å². The van der Waals surface area contributed by atoms with Gasteiger partial charge in [0.15, 0.2) is 0 Å². The first-order valence-electron chi connectivity index (χ1n) is 6.15. The molecule has 3 nitrogen and oxygen atoms in total. The zero-order valence-electron chi connectivity index (χ0n) is 9.48. The summed E-state index contributed by atoms with van der Waals surface area (Å²) >= 11 is 0. The Kier molecular flexibility index (Phi) is 3.29. The summed E-state index contributed by atoms with van der Waals surface area (Å²) in [5.74, 6) is -0.251. The fraction of sp³-hybridized carbons (Fsp3) is 0.917. The number of hydrogen-bond acceptors (Lipinski definition) is 2. The summed E-state index contributed by atoms with van der Waals surface area (Å²) in [7, 11) is 0. The molecule has 0 aromatic rings. The highest BCUT2D eigenvalue weighted by atomic mass is 16.4. The van der Waals surface area contributed by atoms with Crippen LogP contribution in [0.1, 0.15) is 39.0 Å². The van der Waals surface area contributed by atoms with E-state index in [-0.39, 0.29) is 5.92 Å². The Morgan fingerprint density at radius 3 is 2.60 bits per heavy atom. The molecule has 0 aromatic heterocycles. The predicted octanol–water partition coefficient (Wildman–Crippen LogP) is 1.97. The number of hydrogen-bond donors (Lipinski definition) is 1. The van der Waals surface area contributed by atoms with E-state index in [1.807, 2.05) is 0 Å². The number of rotatable bonds is 3. The number of carboxylic acids is 1. The van der Waals surface area contributed by atoms with Crippen molar-refractivity contribution in [3.05, 3.63) is 0 Å². The Morgan fingerprint density at radius 1 is 1.33 bits per heavy atom. The topological polar surface area (TPSA) is 40.5 Å². The molecular formula is C12H21NO2. The molecule has 0 spiro atoms. The molecule has 3 atom stereocenters. The highest BCUT2D eigenvalue weighted by Gasteiger charge is 2.34. The Morgan fingerprint density at radius 2 is 2.07 bits per heavy atom. The monoisotopic (exact) mass is 211 g/mol. The molecule has 1 heterocycles. The van der Waals surface area contributed by atoms with Gasteiger partial charge in [-0.2, -0.15) is 0 Å². The van der Waals surface area contributed by atoms with Crippen LogP contribution in [0.4, 0.5) is 0 Å². The quantitative estimate of drug-likeness (QED) is 0.776. The van der Waals surface area contributed by atoms with Gasteiger partial charge in [0.05, 0.1) is 5.92 Å². The predicted molar refractivity (Wildman–Crippen MR) is 58.7 cm³/mol. The molecule has 3 unspecified atom stereocenters. The van der Waals surface area contributed by atoms with Crippen molar-refractivity contribution in [3.63, 3.8) is 0 Å². The Balaban J connectivity index is 1.89. The first-order chi connectivity index (χ1) is 7.18. The van der Waals surface area contributed by atoms with Crippen LogP contribution in [0.15, 0.2) is 0 Å². The standard InChI is InChI=1S/C12H21NO2/c1-9-6-7-13(9)8-10-4-2-3-5-11(10)12(14)15/h9-11H,2-8H2,1H3,(H,14,15). The normalized spacial score (nSPS) is 37.3. The Hall–Kier alpha value is -0.570. The Bertz CT molecular complexity index is 242. The second kappa shape index (κ2) is 4.52. The SMILES string of the molecule is CC1CCN1CC1CCCCC1C(=O)O. The van der Waals surface area contributed by atoms with Gasteiger partial charge >= 0.3 is 5.97 Å². The van der Waals surface area contributed by atoms with Crippen molar-refractivity contribution in [3.8, 4) is 0 Å². The molecule has 2 aliphatic rings. The maximum atomic E-state index is 11.1. The van der Waals surface area contributed by atoms with E-state index in [1.54, 1.807) is 0 Å². The van der Waals surface area contributed by atoms with Crippen molar-refractivity contribution in [1.29, 1.82) is 0 Å². The summed E-state index contributed by atoms with van der Waals surface area (Å²) in [6.07, 6.45) is 5.60. The largest absolute Gasteiger partial charge is 0.481 e. The van der Waals surface area contributed by atoms with Gasteiger partial charge in [0.1, 0.15) is 0 Å². The van der Waals surface area contributed by atoms with E-state index in [0.29, 0.717) is 12.0 Å². The van der Waals surface area contributed by atoms with Crippen LogP contribution in [0.2, 0.25) is 0 Å². The van der Waals surface area contributed by atoms with Crippen LogP contribution in [-0.2, 0) is 4.79 Å². The van der Waals surface area contributed by atoms with Gasteiger partial charge in [0.2, 0.25) is 0 Å². The third-order valence-corrected chi connectivity index (χ3v) is 4.15. The maximum Gasteiger partial charge on any atom is 0.306 e. The summed E-state index contributed by atoms with van der Waals surface area (Å²) in [4.78, 5) is 13.6. The molecular weight excluding hydrogens is 190 g/mol. The smallest absolute Gasteiger partial charge is 0.306 e. The number of carbonyl (C=O) groups is 1. The van der Waals surface area contributed by atoms with Crippen molar-refractivity contribution in [1.82, 2.24) is 4.90 Å². The van der Waals surface area contributed by atoms with E-state index < -0.39 is 5.97 Å². The lowest BCUT2D eigenvalue weighted by Gasteiger charge is -2.42. The second-order valence-electron chi connectivity index (χ2n) is 5.12. The van der Waals surface area contributed by atoms with Crippen LogP contribution < -0.4 is 0 Å². The van der Waals surface area contributed by atoms with Crippen LogP contribution in [0.25, 0.3) is 0 Å². The molecule has 0 amide bonds. The van der Waals surface area contributed by atoms with Crippen molar-refractivity contribution < 1.29 is 9.90 Å². The van der Waals surface area contributed by atoms with Gasteiger partial charge in [-0.1, -0.05) is 12.8 Å².